The van der Waals surface area contributed by atoms with E-state index in [2.05, 4.69) is 25.1 Å². The minimum Gasteiger partial charge on any atom is -0.457 e. The number of hydrogen-bond donors (Lipinski definition) is 2. The molecule has 0 saturated heterocycles. The highest BCUT2D eigenvalue weighted by atomic mass is 32.1. The first-order valence-corrected chi connectivity index (χ1v) is 9.79. The molecule has 5 aromatic rings. The van der Waals surface area contributed by atoms with Gasteiger partial charge in [-0.3, -0.25) is 0 Å². The van der Waals surface area contributed by atoms with E-state index in [-0.39, 0.29) is 0 Å². The molecule has 0 aliphatic rings. The largest absolute Gasteiger partial charge is 0.457 e. The molecule has 0 unspecified atom stereocenters. The van der Waals surface area contributed by atoms with Gasteiger partial charge in [0.05, 0.1) is 6.42 Å². The van der Waals surface area contributed by atoms with E-state index in [1.165, 1.54) is 0 Å². The number of nitrogens with one attached hydrogen (secondary N) is 2. The monoisotopic (exact) mass is 387 g/mol. The smallest absolute Gasteiger partial charge is 0.161 e. The van der Waals surface area contributed by atoms with Gasteiger partial charge >= 0.3 is 0 Å². The van der Waals surface area contributed by atoms with E-state index >= 15 is 0 Å². The minimum atomic E-state index is 0.651. The first-order valence-electron chi connectivity index (χ1n) is 8.91. The average molecular weight is 387 g/mol. The molecule has 5 rings (SSSR count). The third kappa shape index (κ3) is 3.39. The third-order valence-corrected chi connectivity index (χ3v) is 5.35. The van der Waals surface area contributed by atoms with Crippen LogP contribution in [0.3, 0.4) is 0 Å². The lowest BCUT2D eigenvalue weighted by molar-refractivity contribution is 0.483. The second-order valence-electron chi connectivity index (χ2n) is 6.54. The van der Waals surface area contributed by atoms with Gasteiger partial charge in [0.25, 0.3) is 0 Å². The van der Waals surface area contributed by atoms with Gasteiger partial charge in [-0.05, 0) is 43.3 Å². The SMILES string of the molecule is Cc1csc(Cc2nnc(-c3cccc(Oc4ccc5[nH]ccc5c4)c3)[nH]2)n1. The Morgan fingerprint density at radius 2 is 1.96 bits per heavy atom. The molecular weight excluding hydrogens is 370 g/mol. The predicted octanol–water partition coefficient (Wildman–Crippen LogP) is 5.10. The van der Waals surface area contributed by atoms with E-state index in [0.29, 0.717) is 6.42 Å². The standard InChI is InChI=1S/C21H17N5OS/c1-13-12-28-20(23-13)11-19-24-21(26-25-19)15-3-2-4-16(10-15)27-17-5-6-18-14(9-17)7-8-22-18/h2-10,12,22H,11H2,1H3,(H,24,25,26). The Morgan fingerprint density at radius 3 is 2.86 bits per heavy atom. The highest BCUT2D eigenvalue weighted by molar-refractivity contribution is 7.09. The summed E-state index contributed by atoms with van der Waals surface area (Å²) in [7, 11) is 0. The van der Waals surface area contributed by atoms with Gasteiger partial charge in [-0.15, -0.1) is 21.5 Å². The summed E-state index contributed by atoms with van der Waals surface area (Å²) in [4.78, 5) is 10.9. The van der Waals surface area contributed by atoms with Crippen LogP contribution in [-0.4, -0.2) is 25.1 Å². The Kier molecular flexibility index (Phi) is 4.14. The zero-order valence-corrected chi connectivity index (χ0v) is 16.0. The van der Waals surface area contributed by atoms with Crippen LogP contribution in [-0.2, 0) is 6.42 Å². The molecular formula is C21H17N5OS. The number of thiazole rings is 1. The van der Waals surface area contributed by atoms with Crippen LogP contribution in [0, 0.1) is 6.92 Å². The third-order valence-electron chi connectivity index (χ3n) is 4.39. The highest BCUT2D eigenvalue weighted by Crippen LogP contribution is 2.28. The lowest BCUT2D eigenvalue weighted by Crippen LogP contribution is -1.90. The second kappa shape index (κ2) is 6.94. The molecule has 0 atom stereocenters. The highest BCUT2D eigenvalue weighted by Gasteiger charge is 2.09. The predicted molar refractivity (Wildman–Crippen MR) is 110 cm³/mol. The number of aromatic nitrogens is 5. The van der Waals surface area contributed by atoms with Gasteiger partial charge in [0.1, 0.15) is 22.3 Å². The topological polar surface area (TPSA) is 79.5 Å². The molecule has 138 valence electrons. The molecule has 0 amide bonds. The number of H-pyrrole nitrogens is 2. The molecule has 3 heterocycles. The Hall–Kier alpha value is -3.45. The quantitative estimate of drug-likeness (QED) is 0.440. The Labute approximate surface area is 165 Å². The van der Waals surface area contributed by atoms with Crippen LogP contribution < -0.4 is 4.74 Å². The van der Waals surface area contributed by atoms with Crippen molar-refractivity contribution in [3.05, 3.63) is 76.6 Å². The summed E-state index contributed by atoms with van der Waals surface area (Å²) in [6.45, 7) is 1.99. The van der Waals surface area contributed by atoms with Gasteiger partial charge < -0.3 is 14.7 Å². The molecule has 7 heteroatoms. The first kappa shape index (κ1) is 16.7. The Bertz CT molecular complexity index is 1250. The number of benzene rings is 2. The fourth-order valence-electron chi connectivity index (χ4n) is 3.07. The Morgan fingerprint density at radius 1 is 1.04 bits per heavy atom. The number of aryl methyl sites for hydroxylation is 1. The number of hydrogen-bond acceptors (Lipinski definition) is 5. The summed E-state index contributed by atoms with van der Waals surface area (Å²) in [5.74, 6) is 3.06. The zero-order chi connectivity index (χ0) is 18.9. The number of nitrogens with zero attached hydrogens (tertiary/aromatic N) is 3. The second-order valence-corrected chi connectivity index (χ2v) is 7.48. The first-order chi connectivity index (χ1) is 13.7. The molecule has 0 fully saturated rings. The fourth-order valence-corrected chi connectivity index (χ4v) is 3.85. The van der Waals surface area contributed by atoms with Crippen molar-refractivity contribution in [3.63, 3.8) is 0 Å². The fraction of sp³-hybridized carbons (Fsp3) is 0.0952. The maximum atomic E-state index is 6.04. The van der Waals surface area contributed by atoms with Crippen molar-refractivity contribution in [2.75, 3.05) is 0 Å². The van der Waals surface area contributed by atoms with Crippen molar-refractivity contribution in [2.24, 2.45) is 0 Å². The molecule has 28 heavy (non-hydrogen) atoms. The molecule has 0 aliphatic carbocycles. The molecule has 3 aromatic heterocycles. The lowest BCUT2D eigenvalue weighted by Gasteiger charge is -2.07. The molecule has 6 nitrogen and oxygen atoms in total. The summed E-state index contributed by atoms with van der Waals surface area (Å²) < 4.78 is 6.04. The van der Waals surface area contributed by atoms with Crippen LogP contribution in [0.1, 0.15) is 16.5 Å². The van der Waals surface area contributed by atoms with Gasteiger partial charge in [-0.2, -0.15) is 0 Å². The lowest BCUT2D eigenvalue weighted by atomic mass is 10.2. The molecule has 0 radical (unpaired) electrons. The summed E-state index contributed by atoms with van der Waals surface area (Å²) in [6.07, 6.45) is 2.57. The number of rotatable bonds is 5. The maximum Gasteiger partial charge on any atom is 0.161 e. The van der Waals surface area contributed by atoms with Gasteiger partial charge in [-0.25, -0.2) is 4.98 Å². The van der Waals surface area contributed by atoms with Crippen LogP contribution in [0.4, 0.5) is 0 Å². The molecule has 0 spiro atoms. The molecule has 2 N–H and O–H groups in total. The number of aromatic amines is 2. The van der Waals surface area contributed by atoms with E-state index < -0.39 is 0 Å². The van der Waals surface area contributed by atoms with Crippen molar-refractivity contribution in [1.82, 2.24) is 25.1 Å². The summed E-state index contributed by atoms with van der Waals surface area (Å²) in [5.41, 5.74) is 3.04. The van der Waals surface area contributed by atoms with Crippen molar-refractivity contribution < 1.29 is 4.74 Å². The van der Waals surface area contributed by atoms with Gasteiger partial charge in [-0.1, -0.05) is 12.1 Å². The van der Waals surface area contributed by atoms with Crippen molar-refractivity contribution in [3.8, 4) is 22.9 Å². The normalized spacial score (nSPS) is 11.2. The van der Waals surface area contributed by atoms with E-state index in [1.54, 1.807) is 11.3 Å². The van der Waals surface area contributed by atoms with Crippen molar-refractivity contribution >= 4 is 22.2 Å². The van der Waals surface area contributed by atoms with Crippen LogP contribution in [0.2, 0.25) is 0 Å². The van der Waals surface area contributed by atoms with Crippen LogP contribution in [0.5, 0.6) is 11.5 Å². The van der Waals surface area contributed by atoms with E-state index in [0.717, 1.165) is 50.3 Å². The molecule has 2 aromatic carbocycles. The summed E-state index contributed by atoms with van der Waals surface area (Å²) in [6, 6.07) is 15.8. The van der Waals surface area contributed by atoms with Crippen LogP contribution in [0.25, 0.3) is 22.3 Å². The Balaban J connectivity index is 1.36. The van der Waals surface area contributed by atoms with Gasteiger partial charge in [0, 0.05) is 33.7 Å². The number of ether oxygens (including phenoxy) is 1. The molecule has 0 aliphatic heterocycles. The number of fused-ring (bicyclic) bond motifs is 1. The van der Waals surface area contributed by atoms with E-state index in [4.69, 9.17) is 4.74 Å². The van der Waals surface area contributed by atoms with E-state index in [9.17, 15) is 0 Å². The van der Waals surface area contributed by atoms with E-state index in [1.807, 2.05) is 67.0 Å². The van der Waals surface area contributed by atoms with Crippen LogP contribution >= 0.6 is 11.3 Å². The zero-order valence-electron chi connectivity index (χ0n) is 15.1. The van der Waals surface area contributed by atoms with Gasteiger partial charge in [0.2, 0.25) is 0 Å². The maximum absolute atomic E-state index is 6.04. The minimum absolute atomic E-state index is 0.651. The van der Waals surface area contributed by atoms with Crippen molar-refractivity contribution in [1.29, 1.82) is 0 Å². The molecule has 0 saturated carbocycles. The summed E-state index contributed by atoms with van der Waals surface area (Å²) >= 11 is 1.63. The van der Waals surface area contributed by atoms with Crippen LogP contribution in [0.15, 0.2) is 60.1 Å². The van der Waals surface area contributed by atoms with Crippen molar-refractivity contribution in [2.45, 2.75) is 13.3 Å². The summed E-state index contributed by atoms with van der Waals surface area (Å²) in [5, 5.41) is 12.7. The van der Waals surface area contributed by atoms with Gasteiger partial charge in [0.15, 0.2) is 5.82 Å². The molecule has 0 bridgehead atoms. The average Bonchev–Trinajstić information content (AvgIpc) is 3.43.